The molecule has 1 heterocycles. The Hall–Kier alpha value is -2.80. The number of rotatable bonds is 5. The topological polar surface area (TPSA) is 51.2 Å². The van der Waals surface area contributed by atoms with Crippen LogP contribution < -0.4 is 10.1 Å². The number of alkyl halides is 3. The lowest BCUT2D eigenvalue weighted by Crippen LogP contribution is -2.32. The van der Waals surface area contributed by atoms with E-state index in [1.807, 2.05) is 18.2 Å². The first-order chi connectivity index (χ1) is 14.8. The fraction of sp³-hybridized carbons (Fsp3) is 0.304. The number of ether oxygens (including phenoxy) is 1. The highest BCUT2D eigenvalue weighted by Gasteiger charge is 2.32. The molecule has 4 rings (SSSR count). The summed E-state index contributed by atoms with van der Waals surface area (Å²) in [4.78, 5) is 16.5. The van der Waals surface area contributed by atoms with Gasteiger partial charge >= 0.3 is 6.18 Å². The van der Waals surface area contributed by atoms with Gasteiger partial charge in [-0.1, -0.05) is 54.8 Å². The fourth-order valence-electron chi connectivity index (χ4n) is 3.80. The molecule has 1 N–H and O–H groups in total. The van der Waals surface area contributed by atoms with Crippen LogP contribution in [-0.2, 0) is 12.8 Å². The minimum Gasteiger partial charge on any atom is -0.487 e. The van der Waals surface area contributed by atoms with Crippen molar-refractivity contribution < 1.29 is 22.7 Å². The summed E-state index contributed by atoms with van der Waals surface area (Å²) >= 11 is 6.42. The van der Waals surface area contributed by atoms with E-state index < -0.39 is 11.9 Å². The van der Waals surface area contributed by atoms with Crippen LogP contribution in [0.3, 0.4) is 0 Å². The number of carbonyl (C=O) groups excluding carboxylic acids is 1. The molecular formula is C23H20ClF3N2O2. The molecule has 2 aromatic carbocycles. The largest absolute Gasteiger partial charge is 0.487 e. The van der Waals surface area contributed by atoms with Gasteiger partial charge in [-0.05, 0) is 25.0 Å². The van der Waals surface area contributed by atoms with Crippen LogP contribution in [0.2, 0.25) is 5.02 Å². The number of fused-ring (bicyclic) bond motifs is 1. The molecule has 0 saturated heterocycles. The summed E-state index contributed by atoms with van der Waals surface area (Å²) in [6, 6.07) is 11.2. The molecular weight excluding hydrogens is 429 g/mol. The second-order valence-corrected chi connectivity index (χ2v) is 7.98. The third kappa shape index (κ3) is 4.77. The molecule has 162 valence electrons. The number of halogens is 4. The lowest BCUT2D eigenvalue weighted by Gasteiger charge is -2.18. The smallest absolute Gasteiger partial charge is 0.433 e. The number of amides is 1. The number of nitrogens with one attached hydrogen (secondary N) is 1. The Balaban J connectivity index is 1.64. The maximum atomic E-state index is 13.0. The van der Waals surface area contributed by atoms with Crippen LogP contribution in [0, 0.1) is 0 Å². The highest BCUT2D eigenvalue weighted by atomic mass is 35.5. The molecule has 1 amide bonds. The zero-order valence-corrected chi connectivity index (χ0v) is 17.3. The van der Waals surface area contributed by atoms with E-state index in [2.05, 4.69) is 10.3 Å². The summed E-state index contributed by atoms with van der Waals surface area (Å²) in [5.74, 6) is 0.0653. The Morgan fingerprint density at radius 2 is 1.84 bits per heavy atom. The molecule has 1 aromatic heterocycles. The molecule has 0 radical (unpaired) electrons. The van der Waals surface area contributed by atoms with Gasteiger partial charge in [0.05, 0.1) is 5.56 Å². The van der Waals surface area contributed by atoms with Gasteiger partial charge in [-0.25, -0.2) is 0 Å². The minimum absolute atomic E-state index is 0.0412. The standard InChI is InChI=1S/C23H20ClF3N2O2/c24-19-11-18(22(30)29-15-5-1-2-6-15)21(17-8-4-3-7-16(17)19)31-13-14-9-10-20(28-12-14)23(25,26)27/h3-4,7-12,15H,1-2,5-6,13H2,(H,29,30). The highest BCUT2D eigenvalue weighted by molar-refractivity contribution is 6.36. The van der Waals surface area contributed by atoms with Gasteiger partial charge in [0.2, 0.25) is 0 Å². The van der Waals surface area contributed by atoms with Crippen LogP contribution in [-0.4, -0.2) is 16.9 Å². The Kier molecular flexibility index (Phi) is 6.05. The molecule has 3 aromatic rings. The van der Waals surface area contributed by atoms with Crippen LogP contribution in [0.1, 0.15) is 47.3 Å². The lowest BCUT2D eigenvalue weighted by molar-refractivity contribution is -0.141. The fourth-order valence-corrected chi connectivity index (χ4v) is 4.07. The van der Waals surface area contributed by atoms with Gasteiger partial charge < -0.3 is 10.1 Å². The van der Waals surface area contributed by atoms with Crippen molar-refractivity contribution in [1.29, 1.82) is 0 Å². The van der Waals surface area contributed by atoms with Crippen molar-refractivity contribution in [2.24, 2.45) is 0 Å². The first-order valence-electron chi connectivity index (χ1n) is 10.00. The van der Waals surface area contributed by atoms with Crippen LogP contribution in [0.5, 0.6) is 5.75 Å². The van der Waals surface area contributed by atoms with Gasteiger partial charge in [0.1, 0.15) is 18.1 Å². The predicted octanol–water partition coefficient (Wildman–Crippen LogP) is 6.16. The Morgan fingerprint density at radius 1 is 1.13 bits per heavy atom. The number of hydrogen-bond donors (Lipinski definition) is 1. The summed E-state index contributed by atoms with van der Waals surface area (Å²) in [5.41, 5.74) is -0.213. The van der Waals surface area contributed by atoms with Crippen LogP contribution >= 0.6 is 11.6 Å². The minimum atomic E-state index is -4.50. The van der Waals surface area contributed by atoms with Gasteiger partial charge in [0.15, 0.2) is 0 Å². The van der Waals surface area contributed by atoms with E-state index in [4.69, 9.17) is 16.3 Å². The number of nitrogens with zero attached hydrogens (tertiary/aromatic N) is 1. The second-order valence-electron chi connectivity index (χ2n) is 7.57. The van der Waals surface area contributed by atoms with Crippen LogP contribution in [0.15, 0.2) is 48.7 Å². The molecule has 1 saturated carbocycles. The van der Waals surface area contributed by atoms with E-state index >= 15 is 0 Å². The van der Waals surface area contributed by atoms with Crippen molar-refractivity contribution >= 4 is 28.3 Å². The summed E-state index contributed by atoms with van der Waals surface area (Å²) < 4.78 is 44.2. The molecule has 1 aliphatic carbocycles. The summed E-state index contributed by atoms with van der Waals surface area (Å²) in [5, 5.41) is 4.84. The zero-order chi connectivity index (χ0) is 22.0. The quantitative estimate of drug-likeness (QED) is 0.508. The SMILES string of the molecule is O=C(NC1CCCC1)c1cc(Cl)c2ccccc2c1OCc1ccc(C(F)(F)F)nc1. The van der Waals surface area contributed by atoms with Crippen molar-refractivity contribution in [3.05, 3.63) is 70.5 Å². The van der Waals surface area contributed by atoms with Gasteiger partial charge in [-0.2, -0.15) is 13.2 Å². The Morgan fingerprint density at radius 3 is 2.48 bits per heavy atom. The average Bonchev–Trinajstić information content (AvgIpc) is 3.25. The van der Waals surface area contributed by atoms with Crippen molar-refractivity contribution in [1.82, 2.24) is 10.3 Å². The average molecular weight is 449 g/mol. The first-order valence-corrected chi connectivity index (χ1v) is 10.4. The van der Waals surface area contributed by atoms with Crippen LogP contribution in [0.25, 0.3) is 10.8 Å². The van der Waals surface area contributed by atoms with E-state index in [0.29, 0.717) is 27.3 Å². The molecule has 1 fully saturated rings. The van der Waals surface area contributed by atoms with Crippen molar-refractivity contribution in [3.8, 4) is 5.75 Å². The van der Waals surface area contributed by atoms with Gasteiger partial charge in [-0.15, -0.1) is 0 Å². The highest BCUT2D eigenvalue weighted by Crippen LogP contribution is 2.36. The van der Waals surface area contributed by atoms with Crippen LogP contribution in [0.4, 0.5) is 13.2 Å². The number of benzene rings is 2. The maximum absolute atomic E-state index is 13.0. The Bertz CT molecular complexity index is 1090. The predicted molar refractivity (Wildman–Crippen MR) is 112 cm³/mol. The third-order valence-corrected chi connectivity index (χ3v) is 5.69. The number of pyridine rings is 1. The van der Waals surface area contributed by atoms with E-state index in [1.54, 1.807) is 12.1 Å². The van der Waals surface area contributed by atoms with E-state index in [1.165, 1.54) is 6.07 Å². The monoisotopic (exact) mass is 448 g/mol. The molecule has 0 spiro atoms. The van der Waals surface area contributed by atoms with Crippen molar-refractivity contribution in [3.63, 3.8) is 0 Å². The summed E-state index contributed by atoms with van der Waals surface area (Å²) in [6.45, 7) is -0.0412. The van der Waals surface area contributed by atoms with E-state index in [9.17, 15) is 18.0 Å². The normalized spacial score (nSPS) is 14.7. The van der Waals surface area contributed by atoms with Crippen molar-refractivity contribution in [2.45, 2.75) is 44.5 Å². The molecule has 31 heavy (non-hydrogen) atoms. The summed E-state index contributed by atoms with van der Waals surface area (Å²) in [7, 11) is 0. The Labute approximate surface area is 182 Å². The number of carbonyl (C=O) groups is 1. The molecule has 0 atom stereocenters. The number of aromatic nitrogens is 1. The second kappa shape index (κ2) is 8.75. The lowest BCUT2D eigenvalue weighted by atomic mass is 10.0. The van der Waals surface area contributed by atoms with Crippen molar-refractivity contribution in [2.75, 3.05) is 0 Å². The van der Waals surface area contributed by atoms with Gasteiger partial charge in [0.25, 0.3) is 5.91 Å². The summed E-state index contributed by atoms with van der Waals surface area (Å²) in [6.07, 6.45) is 0.638. The van der Waals surface area contributed by atoms with E-state index in [-0.39, 0.29) is 18.6 Å². The molecule has 8 heteroatoms. The van der Waals surface area contributed by atoms with Gasteiger partial charge in [0, 0.05) is 33.6 Å². The zero-order valence-electron chi connectivity index (χ0n) is 16.5. The molecule has 0 bridgehead atoms. The molecule has 4 nitrogen and oxygen atoms in total. The molecule has 1 aliphatic rings. The first kappa shape index (κ1) is 21.4. The third-order valence-electron chi connectivity index (χ3n) is 5.38. The maximum Gasteiger partial charge on any atom is 0.433 e. The molecule has 0 aliphatic heterocycles. The number of hydrogen-bond acceptors (Lipinski definition) is 3. The van der Waals surface area contributed by atoms with E-state index in [0.717, 1.165) is 43.3 Å². The van der Waals surface area contributed by atoms with Gasteiger partial charge in [-0.3, -0.25) is 9.78 Å². The molecule has 0 unspecified atom stereocenters.